The Morgan fingerprint density at radius 3 is 2.56 bits per heavy atom. The Morgan fingerprint density at radius 2 is 1.96 bits per heavy atom. The van der Waals surface area contributed by atoms with E-state index in [-0.39, 0.29) is 24.2 Å². The van der Waals surface area contributed by atoms with Gasteiger partial charge in [-0.15, -0.1) is 0 Å². The third-order valence-electron chi connectivity index (χ3n) is 4.58. The van der Waals surface area contributed by atoms with Gasteiger partial charge in [-0.3, -0.25) is 0 Å². The molecule has 2 atom stereocenters. The first-order valence-corrected chi connectivity index (χ1v) is 11.8. The highest BCUT2D eigenvalue weighted by atomic mass is 32.2. The topological polar surface area (TPSA) is 80.8 Å². The Morgan fingerprint density at radius 1 is 1.20 bits per heavy atom. The van der Waals surface area contributed by atoms with Gasteiger partial charge in [-0.2, -0.15) is 4.31 Å². The zero-order valence-corrected chi connectivity index (χ0v) is 15.6. The molecular formula is C17H23NO5S2. The fourth-order valence-electron chi connectivity index (χ4n) is 3.26. The molecule has 0 unspecified atom stereocenters. The van der Waals surface area contributed by atoms with E-state index in [4.69, 9.17) is 4.74 Å². The van der Waals surface area contributed by atoms with E-state index in [2.05, 4.69) is 0 Å². The van der Waals surface area contributed by atoms with Gasteiger partial charge in [0, 0.05) is 24.6 Å². The molecule has 1 aromatic rings. The summed E-state index contributed by atoms with van der Waals surface area (Å²) in [5.74, 6) is -0.0737. The van der Waals surface area contributed by atoms with Crippen LogP contribution in [0.1, 0.15) is 24.8 Å². The predicted octanol–water partition coefficient (Wildman–Crippen LogP) is 1.66. The quantitative estimate of drug-likeness (QED) is 0.744. The van der Waals surface area contributed by atoms with Crippen LogP contribution in [0.3, 0.4) is 0 Å². The van der Waals surface area contributed by atoms with Crippen LogP contribution in [0.25, 0.3) is 6.08 Å². The van der Waals surface area contributed by atoms with Gasteiger partial charge in [-0.05, 0) is 30.9 Å². The normalized spacial score (nSPS) is 26.6. The van der Waals surface area contributed by atoms with Crippen molar-refractivity contribution >= 4 is 25.9 Å². The average Bonchev–Trinajstić information content (AvgIpc) is 3.21. The van der Waals surface area contributed by atoms with Crippen LogP contribution in [-0.4, -0.2) is 57.9 Å². The molecule has 0 amide bonds. The summed E-state index contributed by atoms with van der Waals surface area (Å²) in [6.45, 7) is 0.836. The highest BCUT2D eigenvalue weighted by Crippen LogP contribution is 2.25. The minimum atomic E-state index is -3.73. The molecule has 0 aromatic heterocycles. The van der Waals surface area contributed by atoms with Crippen LogP contribution >= 0.6 is 0 Å². The van der Waals surface area contributed by atoms with Gasteiger partial charge in [-0.25, -0.2) is 16.8 Å². The molecule has 0 radical (unpaired) electrons. The van der Waals surface area contributed by atoms with Gasteiger partial charge in [0.25, 0.3) is 0 Å². The minimum Gasteiger partial charge on any atom is -0.377 e. The van der Waals surface area contributed by atoms with Gasteiger partial charge < -0.3 is 4.74 Å². The largest absolute Gasteiger partial charge is 0.377 e. The maximum absolute atomic E-state index is 12.9. The van der Waals surface area contributed by atoms with Crippen LogP contribution in [0.5, 0.6) is 0 Å². The van der Waals surface area contributed by atoms with Gasteiger partial charge in [0.15, 0.2) is 9.84 Å². The maximum Gasteiger partial charge on any atom is 0.236 e. The molecule has 2 aliphatic rings. The molecule has 0 bridgehead atoms. The Bertz CT molecular complexity index is 812. The van der Waals surface area contributed by atoms with Crippen molar-refractivity contribution in [2.75, 3.05) is 24.7 Å². The molecule has 3 rings (SSSR count). The van der Waals surface area contributed by atoms with Crippen LogP contribution in [0, 0.1) is 0 Å². The van der Waals surface area contributed by atoms with Gasteiger partial charge in [-0.1, -0.05) is 30.3 Å². The predicted molar refractivity (Wildman–Crippen MR) is 97.1 cm³/mol. The summed E-state index contributed by atoms with van der Waals surface area (Å²) in [7, 11) is -6.91. The van der Waals surface area contributed by atoms with Crippen LogP contribution < -0.4 is 0 Å². The smallest absolute Gasteiger partial charge is 0.236 e. The van der Waals surface area contributed by atoms with E-state index in [9.17, 15) is 16.8 Å². The fraction of sp³-hybridized carbons (Fsp3) is 0.529. The van der Waals surface area contributed by atoms with Crippen molar-refractivity contribution < 1.29 is 21.6 Å². The Labute approximate surface area is 149 Å². The number of rotatable bonds is 6. The van der Waals surface area contributed by atoms with E-state index in [0.717, 1.165) is 18.4 Å². The van der Waals surface area contributed by atoms with Crippen molar-refractivity contribution in [3.63, 3.8) is 0 Å². The maximum atomic E-state index is 12.9. The summed E-state index contributed by atoms with van der Waals surface area (Å²) in [4.78, 5) is 0. The molecule has 2 saturated heterocycles. The number of ether oxygens (including phenoxy) is 1. The second-order valence-corrected chi connectivity index (χ2v) is 10.5. The van der Waals surface area contributed by atoms with E-state index in [0.29, 0.717) is 13.0 Å². The van der Waals surface area contributed by atoms with E-state index >= 15 is 0 Å². The van der Waals surface area contributed by atoms with E-state index < -0.39 is 25.9 Å². The van der Waals surface area contributed by atoms with E-state index in [1.165, 1.54) is 9.71 Å². The molecule has 0 saturated carbocycles. The zero-order valence-electron chi connectivity index (χ0n) is 14.0. The molecule has 2 fully saturated rings. The van der Waals surface area contributed by atoms with Crippen LogP contribution in [0.4, 0.5) is 0 Å². The molecular weight excluding hydrogens is 362 g/mol. The van der Waals surface area contributed by atoms with Gasteiger partial charge in [0.1, 0.15) is 0 Å². The van der Waals surface area contributed by atoms with Crippen molar-refractivity contribution in [3.8, 4) is 0 Å². The Kier molecular flexibility index (Phi) is 5.62. The zero-order chi connectivity index (χ0) is 17.9. The number of benzene rings is 1. The summed E-state index contributed by atoms with van der Waals surface area (Å²) >= 11 is 0. The lowest BCUT2D eigenvalue weighted by molar-refractivity contribution is 0.0880. The second kappa shape index (κ2) is 7.57. The summed E-state index contributed by atoms with van der Waals surface area (Å²) < 4.78 is 56.3. The molecule has 0 spiro atoms. The lowest BCUT2D eigenvalue weighted by Crippen LogP contribution is -2.44. The third-order valence-corrected chi connectivity index (χ3v) is 7.91. The van der Waals surface area contributed by atoms with Crippen LogP contribution in [-0.2, 0) is 24.6 Å². The minimum absolute atomic E-state index is 0.0393. The van der Waals surface area contributed by atoms with Gasteiger partial charge in [0.2, 0.25) is 10.0 Å². The molecule has 25 heavy (non-hydrogen) atoms. The number of hydrogen-bond acceptors (Lipinski definition) is 5. The fourth-order valence-corrected chi connectivity index (χ4v) is 6.54. The molecule has 1 aromatic carbocycles. The van der Waals surface area contributed by atoms with Crippen molar-refractivity contribution in [1.29, 1.82) is 0 Å². The number of sulfonamides is 1. The number of nitrogens with zero attached hydrogens (tertiary/aromatic N) is 1. The highest BCUT2D eigenvalue weighted by molar-refractivity contribution is 7.93. The second-order valence-electron chi connectivity index (χ2n) is 6.52. The molecule has 0 aliphatic carbocycles. The van der Waals surface area contributed by atoms with Crippen molar-refractivity contribution in [3.05, 3.63) is 41.3 Å². The molecule has 6 nitrogen and oxygen atoms in total. The first-order chi connectivity index (χ1) is 11.9. The van der Waals surface area contributed by atoms with Crippen molar-refractivity contribution in [2.45, 2.75) is 31.4 Å². The number of sulfone groups is 1. The van der Waals surface area contributed by atoms with E-state index in [1.807, 2.05) is 30.3 Å². The lowest BCUT2D eigenvalue weighted by Gasteiger charge is -2.28. The summed E-state index contributed by atoms with van der Waals surface area (Å²) in [6, 6.07) is 8.64. The average molecular weight is 386 g/mol. The Hall–Kier alpha value is -1.22. The third kappa shape index (κ3) is 4.91. The Balaban J connectivity index is 1.82. The van der Waals surface area contributed by atoms with Crippen molar-refractivity contribution in [2.24, 2.45) is 0 Å². The first kappa shape index (κ1) is 18.6. The number of hydrogen-bond donors (Lipinski definition) is 0. The molecule has 2 aliphatic heterocycles. The highest BCUT2D eigenvalue weighted by Gasteiger charge is 2.38. The van der Waals surface area contributed by atoms with Crippen LogP contribution in [0.2, 0.25) is 0 Å². The molecule has 138 valence electrons. The van der Waals surface area contributed by atoms with E-state index in [1.54, 1.807) is 6.08 Å². The SMILES string of the molecule is O=S1(=O)CC[C@H](N(C[C@@H]2CCCO2)S(=O)(=O)/C=C/c2ccccc2)C1. The molecule has 8 heteroatoms. The summed E-state index contributed by atoms with van der Waals surface area (Å²) in [5, 5.41) is 1.17. The van der Waals surface area contributed by atoms with Gasteiger partial charge in [0.05, 0.1) is 17.6 Å². The molecule has 2 heterocycles. The summed E-state index contributed by atoms with van der Waals surface area (Å²) in [6.07, 6.45) is 3.42. The summed E-state index contributed by atoms with van der Waals surface area (Å²) in [5.41, 5.74) is 0.780. The standard InChI is InChI=1S/C17H23NO5S2/c19-24(20)11-9-16(14-24)18(13-17-7-4-10-23-17)25(21,22)12-8-15-5-2-1-3-6-15/h1-3,5-6,8,12,16-17H,4,7,9-11,13-14H2/b12-8+/t16-,17-/m0/s1. The monoisotopic (exact) mass is 385 g/mol. The first-order valence-electron chi connectivity index (χ1n) is 8.43. The van der Waals surface area contributed by atoms with Gasteiger partial charge >= 0.3 is 0 Å². The molecule has 0 N–H and O–H groups in total. The lowest BCUT2D eigenvalue weighted by atomic mass is 10.2. The van der Waals surface area contributed by atoms with Crippen LogP contribution in [0.15, 0.2) is 35.7 Å². The van der Waals surface area contributed by atoms with Crippen molar-refractivity contribution in [1.82, 2.24) is 4.31 Å².